The van der Waals surface area contributed by atoms with Crippen LogP contribution in [-0.2, 0) is 11.3 Å². The number of nitrogens with zero attached hydrogens (tertiary/aromatic N) is 2. The number of likely N-dealkylation sites (tertiary alicyclic amines) is 1. The fraction of sp³-hybridized carbons (Fsp3) is 0.292. The lowest BCUT2D eigenvalue weighted by Gasteiger charge is -2.31. The van der Waals surface area contributed by atoms with Crippen molar-refractivity contribution in [3.8, 4) is 0 Å². The molecule has 1 fully saturated rings. The third kappa shape index (κ3) is 3.72. The maximum Gasteiger partial charge on any atom is 0.337 e. The molecule has 2 N–H and O–H groups in total. The summed E-state index contributed by atoms with van der Waals surface area (Å²) in [5.41, 5.74) is 3.28. The van der Waals surface area contributed by atoms with Crippen molar-refractivity contribution in [1.29, 1.82) is 0 Å². The predicted molar refractivity (Wildman–Crippen MR) is 119 cm³/mol. The highest BCUT2D eigenvalue weighted by molar-refractivity contribution is 5.94. The number of piperidine rings is 1. The van der Waals surface area contributed by atoms with E-state index in [4.69, 9.17) is 4.74 Å². The number of nitrogens with one attached hydrogen (secondary N) is 2. The minimum absolute atomic E-state index is 0.190. The van der Waals surface area contributed by atoms with Crippen LogP contribution in [-0.4, -0.2) is 46.0 Å². The topological polar surface area (TPSA) is 91.1 Å². The first kappa shape index (κ1) is 19.5. The van der Waals surface area contributed by atoms with Crippen LogP contribution in [0, 0.1) is 0 Å². The van der Waals surface area contributed by atoms with E-state index in [1.165, 1.54) is 23.6 Å². The van der Waals surface area contributed by atoms with Gasteiger partial charge in [0, 0.05) is 17.1 Å². The van der Waals surface area contributed by atoms with Crippen LogP contribution in [0.4, 0.5) is 0 Å². The van der Waals surface area contributed by atoms with Gasteiger partial charge < -0.3 is 14.7 Å². The van der Waals surface area contributed by atoms with E-state index in [0.29, 0.717) is 34.8 Å². The number of aromatic nitrogens is 3. The van der Waals surface area contributed by atoms with Crippen molar-refractivity contribution in [3.05, 3.63) is 76.0 Å². The smallest absolute Gasteiger partial charge is 0.337 e. The number of carbonyl (C=O) groups excluding carboxylic acids is 1. The van der Waals surface area contributed by atoms with Crippen molar-refractivity contribution in [3.63, 3.8) is 0 Å². The molecule has 4 aromatic rings. The van der Waals surface area contributed by atoms with Crippen LogP contribution >= 0.6 is 0 Å². The molecule has 0 aliphatic carbocycles. The second kappa shape index (κ2) is 8.00. The number of aromatic amines is 2. The molecule has 7 heteroatoms. The van der Waals surface area contributed by atoms with Gasteiger partial charge in [-0.25, -0.2) is 9.78 Å². The highest BCUT2D eigenvalue weighted by Crippen LogP contribution is 2.33. The molecule has 0 unspecified atom stereocenters. The SMILES string of the molecule is COC(=O)c1ccc2c(=O)[nH]c(CN3CCC(c4c[nH]c5ccccc45)CC3)nc2c1. The molecule has 1 aliphatic rings. The second-order valence-electron chi connectivity index (χ2n) is 8.08. The number of ether oxygens (including phenoxy) is 1. The number of esters is 1. The molecule has 3 heterocycles. The van der Waals surface area contributed by atoms with Gasteiger partial charge in [0.05, 0.1) is 30.1 Å². The number of hydrogen-bond donors (Lipinski definition) is 2. The van der Waals surface area contributed by atoms with Gasteiger partial charge in [0.2, 0.25) is 0 Å². The predicted octanol–water partition coefficient (Wildman–Crippen LogP) is 3.57. The fourth-order valence-electron chi connectivity index (χ4n) is 4.55. The molecular weight excluding hydrogens is 392 g/mol. The zero-order valence-corrected chi connectivity index (χ0v) is 17.4. The van der Waals surface area contributed by atoms with Crippen LogP contribution < -0.4 is 5.56 Å². The van der Waals surface area contributed by atoms with Gasteiger partial charge in [-0.2, -0.15) is 0 Å². The highest BCUT2D eigenvalue weighted by Gasteiger charge is 2.23. The van der Waals surface area contributed by atoms with Gasteiger partial charge in [-0.05, 0) is 61.7 Å². The average molecular weight is 416 g/mol. The highest BCUT2D eigenvalue weighted by atomic mass is 16.5. The van der Waals surface area contributed by atoms with Crippen molar-refractivity contribution in [2.24, 2.45) is 0 Å². The second-order valence-corrected chi connectivity index (χ2v) is 8.08. The summed E-state index contributed by atoms with van der Waals surface area (Å²) in [6.45, 7) is 2.45. The lowest BCUT2D eigenvalue weighted by Crippen LogP contribution is -2.33. The summed E-state index contributed by atoms with van der Waals surface area (Å²) in [4.78, 5) is 37.5. The van der Waals surface area contributed by atoms with Gasteiger partial charge in [0.15, 0.2) is 0 Å². The first-order valence-electron chi connectivity index (χ1n) is 10.5. The maximum atomic E-state index is 12.5. The largest absolute Gasteiger partial charge is 0.465 e. The Morgan fingerprint density at radius 3 is 2.77 bits per heavy atom. The summed E-state index contributed by atoms with van der Waals surface area (Å²) in [7, 11) is 1.34. The number of H-pyrrole nitrogens is 2. The lowest BCUT2D eigenvalue weighted by molar-refractivity contribution is 0.0601. The minimum Gasteiger partial charge on any atom is -0.465 e. The molecule has 1 aliphatic heterocycles. The quantitative estimate of drug-likeness (QED) is 0.496. The Kier molecular flexibility index (Phi) is 5.03. The third-order valence-electron chi connectivity index (χ3n) is 6.20. The number of rotatable bonds is 4. The van der Waals surface area contributed by atoms with Crippen LogP contribution in [0.3, 0.4) is 0 Å². The fourth-order valence-corrected chi connectivity index (χ4v) is 4.55. The first-order valence-corrected chi connectivity index (χ1v) is 10.5. The maximum absolute atomic E-state index is 12.5. The third-order valence-corrected chi connectivity index (χ3v) is 6.20. The Morgan fingerprint density at radius 2 is 1.97 bits per heavy atom. The summed E-state index contributed by atoms with van der Waals surface area (Å²) < 4.78 is 4.77. The molecule has 0 amide bonds. The van der Waals surface area contributed by atoms with E-state index in [9.17, 15) is 9.59 Å². The molecule has 2 aromatic heterocycles. The molecule has 1 saturated heterocycles. The van der Waals surface area contributed by atoms with Gasteiger partial charge in [-0.1, -0.05) is 18.2 Å². The number of methoxy groups -OCH3 is 1. The molecule has 0 bridgehead atoms. The molecule has 158 valence electrons. The molecule has 0 spiro atoms. The molecule has 5 rings (SSSR count). The van der Waals surface area contributed by atoms with Gasteiger partial charge >= 0.3 is 5.97 Å². The van der Waals surface area contributed by atoms with Crippen molar-refractivity contribution in [2.75, 3.05) is 20.2 Å². The monoisotopic (exact) mass is 416 g/mol. The van der Waals surface area contributed by atoms with E-state index < -0.39 is 5.97 Å². The van der Waals surface area contributed by atoms with E-state index >= 15 is 0 Å². The Balaban J connectivity index is 1.31. The molecule has 31 heavy (non-hydrogen) atoms. The van der Waals surface area contributed by atoms with Crippen LogP contribution in [0.2, 0.25) is 0 Å². The number of fused-ring (bicyclic) bond motifs is 2. The molecule has 0 saturated carbocycles. The lowest BCUT2D eigenvalue weighted by atomic mass is 9.89. The van der Waals surface area contributed by atoms with Crippen LogP contribution in [0.15, 0.2) is 53.5 Å². The van der Waals surface area contributed by atoms with Crippen molar-refractivity contribution in [1.82, 2.24) is 19.9 Å². The summed E-state index contributed by atoms with van der Waals surface area (Å²) in [6.07, 6.45) is 4.27. The van der Waals surface area contributed by atoms with Crippen molar-refractivity contribution < 1.29 is 9.53 Å². The Bertz CT molecular complexity index is 1320. The standard InChI is InChI=1S/C24H24N4O3/c1-31-24(30)16-6-7-18-21(12-16)26-22(27-23(18)29)14-28-10-8-15(9-11-28)19-13-25-20-5-3-2-4-17(19)20/h2-7,12-13,15,25H,8-11,14H2,1H3,(H,26,27,29). The van der Waals surface area contributed by atoms with E-state index in [1.807, 2.05) is 0 Å². The number of para-hydroxylation sites is 1. The molecule has 2 aromatic carbocycles. The van der Waals surface area contributed by atoms with Gasteiger partial charge in [0.25, 0.3) is 5.56 Å². The van der Waals surface area contributed by atoms with Gasteiger partial charge in [0.1, 0.15) is 5.82 Å². The van der Waals surface area contributed by atoms with Crippen LogP contribution in [0.5, 0.6) is 0 Å². The van der Waals surface area contributed by atoms with Crippen molar-refractivity contribution >= 4 is 27.8 Å². The number of carbonyl (C=O) groups is 1. The van der Waals surface area contributed by atoms with Gasteiger partial charge in [-0.3, -0.25) is 9.69 Å². The zero-order chi connectivity index (χ0) is 21.4. The summed E-state index contributed by atoms with van der Waals surface area (Å²) in [6, 6.07) is 13.2. The number of benzene rings is 2. The Morgan fingerprint density at radius 1 is 1.16 bits per heavy atom. The molecule has 0 atom stereocenters. The minimum atomic E-state index is -0.440. The molecular formula is C24H24N4O3. The first-order chi connectivity index (χ1) is 15.1. The summed E-state index contributed by atoms with van der Waals surface area (Å²) in [5.74, 6) is 0.702. The summed E-state index contributed by atoms with van der Waals surface area (Å²) >= 11 is 0. The van der Waals surface area contributed by atoms with E-state index in [0.717, 1.165) is 25.9 Å². The van der Waals surface area contributed by atoms with Crippen LogP contribution in [0.25, 0.3) is 21.8 Å². The van der Waals surface area contributed by atoms with E-state index in [2.05, 4.69) is 50.3 Å². The molecule has 0 radical (unpaired) electrons. The Labute approximate surface area is 179 Å². The van der Waals surface area contributed by atoms with Crippen LogP contribution in [0.1, 0.15) is 40.5 Å². The van der Waals surface area contributed by atoms with Gasteiger partial charge in [-0.15, -0.1) is 0 Å². The molecule has 7 nitrogen and oxygen atoms in total. The van der Waals surface area contributed by atoms with Crippen molar-refractivity contribution in [2.45, 2.75) is 25.3 Å². The van der Waals surface area contributed by atoms with E-state index in [-0.39, 0.29) is 5.56 Å². The van der Waals surface area contributed by atoms with E-state index in [1.54, 1.807) is 18.2 Å². The Hall–Kier alpha value is -3.45. The number of hydrogen-bond acceptors (Lipinski definition) is 5. The normalized spacial score (nSPS) is 15.5. The summed E-state index contributed by atoms with van der Waals surface area (Å²) in [5, 5.41) is 1.78. The zero-order valence-electron chi connectivity index (χ0n) is 17.4. The average Bonchev–Trinajstić information content (AvgIpc) is 3.23.